The van der Waals surface area contributed by atoms with Crippen LogP contribution < -0.4 is 10.2 Å². The van der Waals surface area contributed by atoms with Gasteiger partial charge in [-0.05, 0) is 52.3 Å². The molecule has 0 bridgehead atoms. The molecule has 3 rings (SSSR count). The summed E-state index contributed by atoms with van der Waals surface area (Å²) in [4.78, 5) is 11.9. The van der Waals surface area contributed by atoms with Crippen LogP contribution in [0.15, 0.2) is 52.2 Å². The van der Waals surface area contributed by atoms with Crippen molar-refractivity contribution in [1.82, 2.24) is 15.7 Å². The van der Waals surface area contributed by atoms with Gasteiger partial charge in [0.25, 0.3) is 5.91 Å². The smallest absolute Gasteiger partial charge is 0.271 e. The van der Waals surface area contributed by atoms with Gasteiger partial charge in [-0.2, -0.15) is 5.10 Å². The van der Waals surface area contributed by atoms with Crippen molar-refractivity contribution in [3.05, 3.63) is 53.6 Å². The minimum atomic E-state index is -0.303. The van der Waals surface area contributed by atoms with E-state index in [4.69, 9.17) is 4.74 Å². The van der Waals surface area contributed by atoms with Gasteiger partial charge < -0.3 is 4.74 Å². The minimum Gasteiger partial charge on any atom is -0.497 e. The summed E-state index contributed by atoms with van der Waals surface area (Å²) >= 11 is 0. The molecule has 0 saturated heterocycles. The van der Waals surface area contributed by atoms with Gasteiger partial charge in [0, 0.05) is 5.56 Å². The number of aromatic nitrogens is 2. The zero-order valence-corrected chi connectivity index (χ0v) is 11.7. The number of methoxy groups -OCH3 is 1. The first-order chi connectivity index (χ1) is 10.8. The number of benzene rings is 2. The van der Waals surface area contributed by atoms with E-state index in [1.54, 1.807) is 49.6 Å². The van der Waals surface area contributed by atoms with E-state index in [0.29, 0.717) is 22.3 Å². The Balaban J connectivity index is 1.66. The summed E-state index contributed by atoms with van der Waals surface area (Å²) in [6, 6.07) is 12.1. The molecule has 0 spiro atoms. The number of hydrogen-bond donors (Lipinski definition) is 1. The van der Waals surface area contributed by atoms with E-state index in [1.807, 2.05) is 0 Å². The van der Waals surface area contributed by atoms with E-state index in [-0.39, 0.29) is 5.91 Å². The van der Waals surface area contributed by atoms with Crippen LogP contribution in [0.3, 0.4) is 0 Å². The Bertz CT molecular complexity index is 824. The summed E-state index contributed by atoms with van der Waals surface area (Å²) in [5, 5.41) is 11.4. The Kier molecular flexibility index (Phi) is 3.78. The minimum absolute atomic E-state index is 0.303. The summed E-state index contributed by atoms with van der Waals surface area (Å²) in [5.41, 5.74) is 5.02. The van der Waals surface area contributed by atoms with Gasteiger partial charge in [-0.3, -0.25) is 4.79 Å². The first-order valence-corrected chi connectivity index (χ1v) is 6.46. The highest BCUT2D eigenvalue weighted by Gasteiger charge is 2.04. The Labute approximate surface area is 125 Å². The molecule has 0 fully saturated rings. The van der Waals surface area contributed by atoms with E-state index in [9.17, 15) is 4.79 Å². The molecular formula is C15H12N4O3. The van der Waals surface area contributed by atoms with Gasteiger partial charge in [0.2, 0.25) is 0 Å². The number of amides is 1. The van der Waals surface area contributed by atoms with Gasteiger partial charge in [-0.25, -0.2) is 10.1 Å². The Hall–Kier alpha value is -3.22. The van der Waals surface area contributed by atoms with Crippen LogP contribution in [-0.2, 0) is 0 Å². The van der Waals surface area contributed by atoms with Crippen molar-refractivity contribution in [3.8, 4) is 5.75 Å². The Morgan fingerprint density at radius 1 is 1.18 bits per heavy atom. The van der Waals surface area contributed by atoms with Crippen molar-refractivity contribution in [1.29, 1.82) is 0 Å². The number of fused-ring (bicyclic) bond motifs is 1. The van der Waals surface area contributed by atoms with E-state index >= 15 is 0 Å². The fourth-order valence-corrected chi connectivity index (χ4v) is 1.85. The predicted molar refractivity (Wildman–Crippen MR) is 79.9 cm³/mol. The normalized spacial score (nSPS) is 11.0. The number of hydrazone groups is 1. The Morgan fingerprint density at radius 3 is 2.73 bits per heavy atom. The lowest BCUT2D eigenvalue weighted by atomic mass is 10.2. The molecule has 0 aliphatic rings. The fraction of sp³-hybridized carbons (Fsp3) is 0.0667. The number of ether oxygens (including phenoxy) is 1. The largest absolute Gasteiger partial charge is 0.497 e. The standard InChI is InChI=1S/C15H12N4O3/c1-21-12-5-3-11(4-6-12)15(20)17-16-9-10-2-7-13-14(8-10)19-22-18-13/h2-9H,1H3,(H,17,20)/b16-9+. The first kappa shape index (κ1) is 13.7. The molecular weight excluding hydrogens is 284 g/mol. The second-order valence-electron chi connectivity index (χ2n) is 4.44. The van der Waals surface area contributed by atoms with Gasteiger partial charge in [0.05, 0.1) is 13.3 Å². The lowest BCUT2D eigenvalue weighted by Crippen LogP contribution is -2.17. The number of rotatable bonds is 4. The molecule has 0 aliphatic carbocycles. The summed E-state index contributed by atoms with van der Waals surface area (Å²) in [6.45, 7) is 0. The van der Waals surface area contributed by atoms with Crippen molar-refractivity contribution in [2.75, 3.05) is 7.11 Å². The van der Waals surface area contributed by atoms with Crippen molar-refractivity contribution in [2.24, 2.45) is 5.10 Å². The molecule has 1 aromatic heterocycles. The van der Waals surface area contributed by atoms with Gasteiger partial charge in [0.15, 0.2) is 0 Å². The highest BCUT2D eigenvalue weighted by Crippen LogP contribution is 2.11. The molecule has 0 saturated carbocycles. The summed E-state index contributed by atoms with van der Waals surface area (Å²) < 4.78 is 9.65. The van der Waals surface area contributed by atoms with Crippen molar-refractivity contribution in [2.45, 2.75) is 0 Å². The van der Waals surface area contributed by atoms with E-state index < -0.39 is 0 Å². The molecule has 0 unspecified atom stereocenters. The number of carbonyl (C=O) groups excluding carboxylic acids is 1. The maximum atomic E-state index is 11.9. The van der Waals surface area contributed by atoms with E-state index in [0.717, 1.165) is 5.56 Å². The van der Waals surface area contributed by atoms with E-state index in [1.165, 1.54) is 6.21 Å². The summed E-state index contributed by atoms with van der Waals surface area (Å²) in [5.74, 6) is 0.387. The van der Waals surface area contributed by atoms with Crippen LogP contribution in [0, 0.1) is 0 Å². The zero-order valence-electron chi connectivity index (χ0n) is 11.7. The summed E-state index contributed by atoms with van der Waals surface area (Å²) in [7, 11) is 1.57. The molecule has 7 nitrogen and oxygen atoms in total. The molecule has 0 aliphatic heterocycles. The van der Waals surface area contributed by atoms with Crippen LogP contribution in [0.1, 0.15) is 15.9 Å². The lowest BCUT2D eigenvalue weighted by molar-refractivity contribution is 0.0955. The average molecular weight is 296 g/mol. The molecule has 1 N–H and O–H groups in total. The van der Waals surface area contributed by atoms with Crippen molar-refractivity contribution < 1.29 is 14.2 Å². The number of carbonyl (C=O) groups is 1. The van der Waals surface area contributed by atoms with Gasteiger partial charge in [-0.15, -0.1) is 0 Å². The molecule has 2 aromatic carbocycles. The van der Waals surface area contributed by atoms with Crippen LogP contribution in [0.4, 0.5) is 0 Å². The molecule has 1 heterocycles. The first-order valence-electron chi connectivity index (χ1n) is 6.46. The number of nitrogens with zero attached hydrogens (tertiary/aromatic N) is 3. The monoisotopic (exact) mass is 296 g/mol. The number of hydrogen-bond acceptors (Lipinski definition) is 6. The molecule has 1 amide bonds. The SMILES string of the molecule is COc1ccc(C(=O)N/N=C/c2ccc3nonc3c2)cc1. The maximum absolute atomic E-state index is 11.9. The van der Waals surface area contributed by atoms with Crippen LogP contribution >= 0.6 is 0 Å². The molecule has 0 radical (unpaired) electrons. The maximum Gasteiger partial charge on any atom is 0.271 e. The van der Waals surface area contributed by atoms with E-state index in [2.05, 4.69) is 25.5 Å². The highest BCUT2D eigenvalue weighted by molar-refractivity contribution is 5.95. The molecule has 0 atom stereocenters. The Morgan fingerprint density at radius 2 is 1.95 bits per heavy atom. The fourth-order valence-electron chi connectivity index (χ4n) is 1.85. The van der Waals surface area contributed by atoms with Gasteiger partial charge >= 0.3 is 0 Å². The van der Waals surface area contributed by atoms with Crippen LogP contribution in [0.5, 0.6) is 5.75 Å². The van der Waals surface area contributed by atoms with Crippen LogP contribution in [-0.4, -0.2) is 29.5 Å². The third-order valence-corrected chi connectivity index (χ3v) is 3.01. The predicted octanol–water partition coefficient (Wildman–Crippen LogP) is 2.00. The molecule has 22 heavy (non-hydrogen) atoms. The molecule has 7 heteroatoms. The van der Waals surface area contributed by atoms with Crippen molar-refractivity contribution >= 4 is 23.2 Å². The van der Waals surface area contributed by atoms with Gasteiger partial charge in [-0.1, -0.05) is 6.07 Å². The van der Waals surface area contributed by atoms with Crippen LogP contribution in [0.25, 0.3) is 11.0 Å². The number of nitrogens with one attached hydrogen (secondary N) is 1. The highest BCUT2D eigenvalue weighted by atomic mass is 16.6. The second kappa shape index (κ2) is 6.04. The van der Waals surface area contributed by atoms with Crippen molar-refractivity contribution in [3.63, 3.8) is 0 Å². The lowest BCUT2D eigenvalue weighted by Gasteiger charge is -2.02. The second-order valence-corrected chi connectivity index (χ2v) is 4.44. The average Bonchev–Trinajstić information content (AvgIpc) is 3.02. The topological polar surface area (TPSA) is 89.6 Å². The third kappa shape index (κ3) is 2.93. The van der Waals surface area contributed by atoms with Gasteiger partial charge in [0.1, 0.15) is 16.8 Å². The third-order valence-electron chi connectivity index (χ3n) is 3.01. The summed E-state index contributed by atoms with van der Waals surface area (Å²) in [6.07, 6.45) is 1.52. The molecule has 3 aromatic rings. The molecule has 110 valence electrons. The van der Waals surface area contributed by atoms with Crippen LogP contribution in [0.2, 0.25) is 0 Å². The quantitative estimate of drug-likeness (QED) is 0.587. The zero-order chi connectivity index (χ0) is 15.4.